The van der Waals surface area contributed by atoms with E-state index in [0.29, 0.717) is 11.5 Å². The molecule has 1 aromatic heterocycles. The lowest BCUT2D eigenvalue weighted by atomic mass is 10.4. The van der Waals surface area contributed by atoms with E-state index in [2.05, 4.69) is 15.4 Å². The van der Waals surface area contributed by atoms with Gasteiger partial charge in [-0.25, -0.2) is 10.8 Å². The van der Waals surface area contributed by atoms with Crippen LogP contribution in [0.2, 0.25) is 0 Å². The number of amides is 1. The second-order valence-electron chi connectivity index (χ2n) is 3.43. The molecule has 0 radical (unpaired) electrons. The van der Waals surface area contributed by atoms with Gasteiger partial charge in [0.15, 0.2) is 5.82 Å². The van der Waals surface area contributed by atoms with E-state index in [9.17, 15) is 4.79 Å². The van der Waals surface area contributed by atoms with Gasteiger partial charge < -0.3 is 10.3 Å². The van der Waals surface area contributed by atoms with E-state index >= 15 is 0 Å². The fourth-order valence-corrected chi connectivity index (χ4v) is 1.62. The van der Waals surface area contributed by atoms with Crippen molar-refractivity contribution in [2.75, 3.05) is 18.5 Å². The Morgan fingerprint density at radius 3 is 2.80 bits per heavy atom. The fraction of sp³-hybridized carbons (Fsp3) is 0.444. The van der Waals surface area contributed by atoms with Crippen molar-refractivity contribution in [2.24, 2.45) is 5.84 Å². The number of likely N-dealkylation sites (tertiary alicyclic amines) is 1. The third kappa shape index (κ3) is 2.04. The number of anilines is 1. The van der Waals surface area contributed by atoms with Crippen molar-refractivity contribution in [2.45, 2.75) is 12.8 Å². The Morgan fingerprint density at radius 1 is 1.40 bits per heavy atom. The number of nitrogen functional groups attached to an aromatic ring is 1. The Morgan fingerprint density at radius 2 is 2.13 bits per heavy atom. The molecule has 1 aliphatic heterocycles. The molecule has 1 amide bonds. The maximum absolute atomic E-state index is 11.9. The number of aromatic nitrogens is 2. The highest BCUT2D eigenvalue weighted by Crippen LogP contribution is 2.11. The average molecular weight is 207 g/mol. The monoisotopic (exact) mass is 207 g/mol. The molecule has 1 saturated heterocycles. The predicted octanol–water partition coefficient (Wildman–Crippen LogP) is -0.00180. The summed E-state index contributed by atoms with van der Waals surface area (Å²) in [6.45, 7) is 1.61. The van der Waals surface area contributed by atoms with E-state index in [0.717, 1.165) is 25.9 Å². The van der Waals surface area contributed by atoms with Crippen LogP contribution in [-0.2, 0) is 0 Å². The Labute approximate surface area is 87.5 Å². The first-order valence-corrected chi connectivity index (χ1v) is 4.89. The van der Waals surface area contributed by atoms with Crippen LogP contribution in [0, 0.1) is 0 Å². The maximum atomic E-state index is 11.9. The molecule has 3 N–H and O–H groups in total. The Kier molecular flexibility index (Phi) is 2.77. The highest BCUT2D eigenvalue weighted by molar-refractivity contribution is 5.92. The SMILES string of the molecule is NNc1cncc(C(=O)N2CCCC2)n1. The number of hydrogen-bond acceptors (Lipinski definition) is 5. The first kappa shape index (κ1) is 9.85. The zero-order valence-corrected chi connectivity index (χ0v) is 8.31. The molecule has 6 heteroatoms. The molecular formula is C9H13N5O. The van der Waals surface area contributed by atoms with Gasteiger partial charge in [0.25, 0.3) is 5.91 Å². The maximum Gasteiger partial charge on any atom is 0.274 e. The van der Waals surface area contributed by atoms with Gasteiger partial charge in [0.05, 0.1) is 12.4 Å². The Bertz CT molecular complexity index is 361. The summed E-state index contributed by atoms with van der Waals surface area (Å²) in [6, 6.07) is 0. The normalized spacial score (nSPS) is 15.4. The van der Waals surface area contributed by atoms with Crippen LogP contribution < -0.4 is 11.3 Å². The molecule has 6 nitrogen and oxygen atoms in total. The molecule has 1 aliphatic rings. The van der Waals surface area contributed by atoms with E-state index in [1.165, 1.54) is 12.4 Å². The molecule has 0 aliphatic carbocycles. The summed E-state index contributed by atoms with van der Waals surface area (Å²) in [7, 11) is 0. The molecule has 15 heavy (non-hydrogen) atoms. The molecule has 1 fully saturated rings. The second kappa shape index (κ2) is 4.22. The summed E-state index contributed by atoms with van der Waals surface area (Å²) in [4.78, 5) is 21.6. The fourth-order valence-electron chi connectivity index (χ4n) is 1.62. The van der Waals surface area contributed by atoms with Crippen molar-refractivity contribution < 1.29 is 4.79 Å². The summed E-state index contributed by atoms with van der Waals surface area (Å²) in [6.07, 6.45) is 5.06. The highest BCUT2D eigenvalue weighted by Gasteiger charge is 2.20. The lowest BCUT2D eigenvalue weighted by Crippen LogP contribution is -2.28. The van der Waals surface area contributed by atoms with E-state index in [1.807, 2.05) is 0 Å². The van der Waals surface area contributed by atoms with Crippen LogP contribution in [0.4, 0.5) is 5.82 Å². The van der Waals surface area contributed by atoms with Gasteiger partial charge in [-0.2, -0.15) is 0 Å². The molecule has 2 heterocycles. The first-order valence-electron chi connectivity index (χ1n) is 4.89. The van der Waals surface area contributed by atoms with Gasteiger partial charge in [-0.3, -0.25) is 9.78 Å². The predicted molar refractivity (Wildman–Crippen MR) is 55.0 cm³/mol. The van der Waals surface area contributed by atoms with Crippen LogP contribution in [0.1, 0.15) is 23.3 Å². The second-order valence-corrected chi connectivity index (χ2v) is 3.43. The lowest BCUT2D eigenvalue weighted by molar-refractivity contribution is 0.0786. The number of carbonyl (C=O) groups is 1. The molecule has 2 rings (SSSR count). The molecule has 0 saturated carbocycles. The molecule has 0 spiro atoms. The third-order valence-corrected chi connectivity index (χ3v) is 2.39. The minimum absolute atomic E-state index is 0.0721. The van der Waals surface area contributed by atoms with Gasteiger partial charge in [-0.15, -0.1) is 0 Å². The lowest BCUT2D eigenvalue weighted by Gasteiger charge is -2.14. The zero-order valence-electron chi connectivity index (χ0n) is 8.31. The van der Waals surface area contributed by atoms with Gasteiger partial charge in [0.1, 0.15) is 5.69 Å². The van der Waals surface area contributed by atoms with Gasteiger partial charge in [-0.1, -0.05) is 0 Å². The molecule has 0 bridgehead atoms. The summed E-state index contributed by atoms with van der Waals surface area (Å²) in [5.41, 5.74) is 2.71. The van der Waals surface area contributed by atoms with Gasteiger partial charge in [-0.05, 0) is 12.8 Å². The van der Waals surface area contributed by atoms with Crippen molar-refractivity contribution in [3.63, 3.8) is 0 Å². The van der Waals surface area contributed by atoms with Gasteiger partial charge in [0, 0.05) is 13.1 Å². The van der Waals surface area contributed by atoms with E-state index in [1.54, 1.807) is 4.90 Å². The molecule has 1 aromatic rings. The van der Waals surface area contributed by atoms with Crippen LogP contribution in [0.3, 0.4) is 0 Å². The van der Waals surface area contributed by atoms with Crippen molar-refractivity contribution in [1.29, 1.82) is 0 Å². The number of nitrogens with one attached hydrogen (secondary N) is 1. The summed E-state index contributed by atoms with van der Waals surface area (Å²) in [5.74, 6) is 5.53. The topological polar surface area (TPSA) is 84.1 Å². The number of hydrogen-bond donors (Lipinski definition) is 2. The quantitative estimate of drug-likeness (QED) is 0.526. The van der Waals surface area contributed by atoms with Crippen molar-refractivity contribution >= 4 is 11.7 Å². The minimum Gasteiger partial charge on any atom is -0.337 e. The molecule has 80 valence electrons. The molecule has 0 atom stereocenters. The van der Waals surface area contributed by atoms with Gasteiger partial charge in [0.2, 0.25) is 0 Å². The Balaban J connectivity index is 2.17. The van der Waals surface area contributed by atoms with Gasteiger partial charge >= 0.3 is 0 Å². The summed E-state index contributed by atoms with van der Waals surface area (Å²) in [5, 5.41) is 0. The van der Waals surface area contributed by atoms with Crippen LogP contribution in [-0.4, -0.2) is 33.9 Å². The average Bonchev–Trinajstić information content (AvgIpc) is 2.81. The van der Waals surface area contributed by atoms with Crippen LogP contribution in [0.5, 0.6) is 0 Å². The Hall–Kier alpha value is -1.69. The number of hydrazine groups is 1. The summed E-state index contributed by atoms with van der Waals surface area (Å²) < 4.78 is 0. The largest absolute Gasteiger partial charge is 0.337 e. The van der Waals surface area contributed by atoms with Crippen molar-refractivity contribution in [3.8, 4) is 0 Å². The van der Waals surface area contributed by atoms with Crippen molar-refractivity contribution in [3.05, 3.63) is 18.1 Å². The summed E-state index contributed by atoms with van der Waals surface area (Å²) >= 11 is 0. The third-order valence-electron chi connectivity index (χ3n) is 2.39. The highest BCUT2D eigenvalue weighted by atomic mass is 16.2. The number of rotatable bonds is 2. The molecular weight excluding hydrogens is 194 g/mol. The van der Waals surface area contributed by atoms with Crippen LogP contribution in [0.25, 0.3) is 0 Å². The number of nitrogens with two attached hydrogens (primary N) is 1. The minimum atomic E-state index is -0.0721. The van der Waals surface area contributed by atoms with E-state index in [4.69, 9.17) is 5.84 Å². The number of nitrogens with zero attached hydrogens (tertiary/aromatic N) is 3. The zero-order chi connectivity index (χ0) is 10.7. The standard InChI is InChI=1S/C9H13N5O/c10-13-8-6-11-5-7(12-8)9(15)14-3-1-2-4-14/h5-6H,1-4,10H2,(H,12,13). The number of carbonyl (C=O) groups excluding carboxylic acids is 1. The van der Waals surface area contributed by atoms with E-state index < -0.39 is 0 Å². The first-order chi connectivity index (χ1) is 7.31. The molecule has 0 unspecified atom stereocenters. The van der Waals surface area contributed by atoms with E-state index in [-0.39, 0.29) is 5.91 Å². The smallest absolute Gasteiger partial charge is 0.274 e. The van der Waals surface area contributed by atoms with Crippen LogP contribution in [0.15, 0.2) is 12.4 Å². The molecule has 0 aromatic carbocycles. The van der Waals surface area contributed by atoms with Crippen LogP contribution >= 0.6 is 0 Å². The van der Waals surface area contributed by atoms with Crippen molar-refractivity contribution in [1.82, 2.24) is 14.9 Å².